The van der Waals surface area contributed by atoms with E-state index in [-0.39, 0.29) is 0 Å². The van der Waals surface area contributed by atoms with Crippen LogP contribution in [-0.4, -0.2) is 27.7 Å². The average molecular weight is 332 g/mol. The van der Waals surface area contributed by atoms with Crippen LogP contribution in [0.1, 0.15) is 50.9 Å². The number of ether oxygens (including phenoxy) is 1. The second-order valence-electron chi connectivity index (χ2n) is 5.33. The first-order valence-electron chi connectivity index (χ1n) is 8.18. The molecule has 5 nitrogen and oxygen atoms in total. The molecule has 0 saturated carbocycles. The van der Waals surface area contributed by atoms with Gasteiger partial charge < -0.3 is 4.74 Å². The van der Waals surface area contributed by atoms with E-state index in [2.05, 4.69) is 22.2 Å². The highest BCUT2D eigenvalue weighted by Gasteiger charge is 2.01. The van der Waals surface area contributed by atoms with Gasteiger partial charge in [-0.2, -0.15) is 14.9 Å². The Morgan fingerprint density at radius 1 is 1.22 bits per heavy atom. The summed E-state index contributed by atoms with van der Waals surface area (Å²) in [6, 6.07) is 7.91. The molecule has 6 heteroatoms. The van der Waals surface area contributed by atoms with E-state index in [1.165, 1.54) is 19.3 Å². The molecule has 0 atom stereocenters. The number of H-pyrrole nitrogens is 1. The summed E-state index contributed by atoms with van der Waals surface area (Å²) in [5, 5.41) is 11.3. The minimum Gasteiger partial charge on any atom is -0.494 e. The molecular weight excluding hydrogens is 308 g/mol. The van der Waals surface area contributed by atoms with Crippen LogP contribution in [0.5, 0.6) is 5.75 Å². The van der Waals surface area contributed by atoms with Gasteiger partial charge in [0.25, 0.3) is 0 Å². The molecule has 0 spiro atoms. The molecule has 1 N–H and O–H groups in total. The normalized spacial score (nSPS) is 11.2. The van der Waals surface area contributed by atoms with Crippen molar-refractivity contribution < 1.29 is 4.74 Å². The number of aryl methyl sites for hydroxylation is 1. The molecular formula is C17H24N4OS. The van der Waals surface area contributed by atoms with Gasteiger partial charge in [0.1, 0.15) is 5.75 Å². The van der Waals surface area contributed by atoms with Crippen molar-refractivity contribution in [3.8, 4) is 5.75 Å². The lowest BCUT2D eigenvalue weighted by Gasteiger charge is -2.06. The smallest absolute Gasteiger partial charge is 0.216 e. The Morgan fingerprint density at radius 3 is 2.70 bits per heavy atom. The van der Waals surface area contributed by atoms with Crippen molar-refractivity contribution in [1.82, 2.24) is 14.9 Å². The van der Waals surface area contributed by atoms with Crippen molar-refractivity contribution >= 4 is 18.4 Å². The summed E-state index contributed by atoms with van der Waals surface area (Å²) in [5.41, 5.74) is 0.994. The Kier molecular flexibility index (Phi) is 7.00. The Labute approximate surface area is 142 Å². The van der Waals surface area contributed by atoms with Gasteiger partial charge >= 0.3 is 0 Å². The zero-order valence-corrected chi connectivity index (χ0v) is 14.6. The molecule has 2 rings (SSSR count). The topological polar surface area (TPSA) is 55.2 Å². The molecule has 1 aromatic carbocycles. The maximum absolute atomic E-state index is 5.73. The van der Waals surface area contributed by atoms with Gasteiger partial charge in [0.2, 0.25) is 4.77 Å². The Hall–Kier alpha value is -1.95. The number of nitrogens with one attached hydrogen (secondary N) is 1. The minimum absolute atomic E-state index is 0.505. The molecule has 124 valence electrons. The number of benzene rings is 1. The number of rotatable bonds is 9. The predicted molar refractivity (Wildman–Crippen MR) is 95.9 cm³/mol. The molecule has 0 fully saturated rings. The summed E-state index contributed by atoms with van der Waals surface area (Å²) in [4.78, 5) is 0. The van der Waals surface area contributed by atoms with E-state index >= 15 is 0 Å². The van der Waals surface area contributed by atoms with Gasteiger partial charge in [-0.25, -0.2) is 0 Å². The van der Waals surface area contributed by atoms with Crippen molar-refractivity contribution in [3.63, 3.8) is 0 Å². The van der Waals surface area contributed by atoms with E-state index in [4.69, 9.17) is 17.0 Å². The predicted octanol–water partition coefficient (Wildman–Crippen LogP) is 4.34. The molecule has 0 saturated heterocycles. The van der Waals surface area contributed by atoms with Crippen LogP contribution in [0, 0.1) is 4.77 Å². The van der Waals surface area contributed by atoms with Gasteiger partial charge in [0.05, 0.1) is 12.8 Å². The largest absolute Gasteiger partial charge is 0.494 e. The SMILES string of the molecule is CCCCCCOc1ccc(/C=N/n2c(CC)n[nH]c2=S)cc1. The lowest BCUT2D eigenvalue weighted by molar-refractivity contribution is 0.305. The van der Waals surface area contributed by atoms with E-state index in [0.29, 0.717) is 4.77 Å². The van der Waals surface area contributed by atoms with Crippen LogP contribution in [0.15, 0.2) is 29.4 Å². The highest BCUT2D eigenvalue weighted by Crippen LogP contribution is 2.12. The van der Waals surface area contributed by atoms with Gasteiger partial charge in [-0.05, 0) is 48.5 Å². The quantitative estimate of drug-likeness (QED) is 0.422. The zero-order chi connectivity index (χ0) is 16.5. The first kappa shape index (κ1) is 17.4. The van der Waals surface area contributed by atoms with Crippen molar-refractivity contribution in [2.75, 3.05) is 6.61 Å². The van der Waals surface area contributed by atoms with Crippen LogP contribution in [0.25, 0.3) is 0 Å². The van der Waals surface area contributed by atoms with E-state index in [1.54, 1.807) is 10.9 Å². The number of unbranched alkanes of at least 4 members (excludes halogenated alkanes) is 3. The summed E-state index contributed by atoms with van der Waals surface area (Å²) in [6.07, 6.45) is 7.40. The van der Waals surface area contributed by atoms with Crippen molar-refractivity contribution in [1.29, 1.82) is 0 Å². The first-order chi connectivity index (χ1) is 11.2. The molecule has 0 bridgehead atoms. The molecule has 0 aliphatic heterocycles. The summed E-state index contributed by atoms with van der Waals surface area (Å²) in [6.45, 7) is 5.00. The Morgan fingerprint density at radius 2 is 2.00 bits per heavy atom. The second-order valence-corrected chi connectivity index (χ2v) is 5.72. The van der Waals surface area contributed by atoms with Crippen LogP contribution in [0.4, 0.5) is 0 Å². The third-order valence-electron chi connectivity index (χ3n) is 3.50. The monoisotopic (exact) mass is 332 g/mol. The molecule has 0 aliphatic rings. The van der Waals surface area contributed by atoms with Gasteiger partial charge in [0.15, 0.2) is 5.82 Å². The molecule has 0 radical (unpaired) electrons. The molecule has 2 aromatic rings. The zero-order valence-electron chi connectivity index (χ0n) is 13.8. The number of nitrogens with zero attached hydrogens (tertiary/aromatic N) is 3. The van der Waals surface area contributed by atoms with Crippen LogP contribution >= 0.6 is 12.2 Å². The average Bonchev–Trinajstić information content (AvgIpc) is 2.94. The number of hydrogen-bond acceptors (Lipinski definition) is 4. The van der Waals surface area contributed by atoms with E-state index < -0.39 is 0 Å². The standard InChI is InChI=1S/C17H24N4OS/c1-3-5-6-7-12-22-15-10-8-14(9-11-15)13-18-21-16(4-2)19-20-17(21)23/h8-11,13H,3-7,12H2,1-2H3,(H,20,23)/b18-13+. The van der Waals surface area contributed by atoms with E-state index in [9.17, 15) is 0 Å². The fourth-order valence-corrected chi connectivity index (χ4v) is 2.36. The molecule has 1 heterocycles. The summed E-state index contributed by atoms with van der Waals surface area (Å²) in [5.74, 6) is 1.71. The maximum atomic E-state index is 5.73. The lowest BCUT2D eigenvalue weighted by atomic mass is 10.2. The number of aromatic amines is 1. The van der Waals surface area contributed by atoms with Crippen molar-refractivity contribution in [3.05, 3.63) is 40.4 Å². The highest BCUT2D eigenvalue weighted by atomic mass is 32.1. The fraction of sp³-hybridized carbons (Fsp3) is 0.471. The number of aromatic nitrogens is 3. The summed E-state index contributed by atoms with van der Waals surface area (Å²) >= 11 is 5.16. The van der Waals surface area contributed by atoms with Gasteiger partial charge in [-0.1, -0.05) is 33.1 Å². The molecule has 1 aromatic heterocycles. The van der Waals surface area contributed by atoms with Crippen LogP contribution in [0.3, 0.4) is 0 Å². The summed E-state index contributed by atoms with van der Waals surface area (Å²) in [7, 11) is 0. The van der Waals surface area contributed by atoms with Crippen LogP contribution < -0.4 is 4.74 Å². The van der Waals surface area contributed by atoms with E-state index in [1.807, 2.05) is 31.2 Å². The van der Waals surface area contributed by atoms with Crippen molar-refractivity contribution in [2.24, 2.45) is 5.10 Å². The first-order valence-corrected chi connectivity index (χ1v) is 8.59. The van der Waals surface area contributed by atoms with Crippen LogP contribution in [-0.2, 0) is 6.42 Å². The van der Waals surface area contributed by atoms with Crippen molar-refractivity contribution in [2.45, 2.75) is 46.0 Å². The fourth-order valence-electron chi connectivity index (χ4n) is 2.17. The molecule has 23 heavy (non-hydrogen) atoms. The van der Waals surface area contributed by atoms with Gasteiger partial charge in [-0.3, -0.25) is 5.10 Å². The molecule has 0 aliphatic carbocycles. The molecule has 0 unspecified atom stereocenters. The van der Waals surface area contributed by atoms with Crippen LogP contribution in [0.2, 0.25) is 0 Å². The second kappa shape index (κ2) is 9.25. The minimum atomic E-state index is 0.505. The van der Waals surface area contributed by atoms with Gasteiger partial charge in [0, 0.05) is 6.42 Å². The lowest BCUT2D eigenvalue weighted by Crippen LogP contribution is -1.98. The Bertz CT molecular complexity index is 673. The highest BCUT2D eigenvalue weighted by molar-refractivity contribution is 7.71. The maximum Gasteiger partial charge on any atom is 0.216 e. The third kappa shape index (κ3) is 5.32. The number of hydrogen-bond donors (Lipinski definition) is 1. The summed E-state index contributed by atoms with van der Waals surface area (Å²) < 4.78 is 7.88. The molecule has 0 amide bonds. The van der Waals surface area contributed by atoms with E-state index in [0.717, 1.165) is 36.6 Å². The van der Waals surface area contributed by atoms with Gasteiger partial charge in [-0.15, -0.1) is 0 Å². The Balaban J connectivity index is 1.91. The third-order valence-corrected chi connectivity index (χ3v) is 3.77.